The molecule has 2 rings (SSSR count). The third kappa shape index (κ3) is 3.71. The van der Waals surface area contributed by atoms with Gasteiger partial charge in [-0.15, -0.1) is 0 Å². The van der Waals surface area contributed by atoms with Crippen LogP contribution in [0.15, 0.2) is 30.7 Å². The highest BCUT2D eigenvalue weighted by Crippen LogP contribution is 2.26. The number of benzene rings is 1. The molecule has 1 aromatic carbocycles. The van der Waals surface area contributed by atoms with Crippen molar-refractivity contribution in [2.75, 3.05) is 11.9 Å². The summed E-state index contributed by atoms with van der Waals surface area (Å²) in [7, 11) is 0. The first-order valence-corrected chi connectivity index (χ1v) is 6.32. The second-order valence-electron chi connectivity index (χ2n) is 4.25. The van der Waals surface area contributed by atoms with Gasteiger partial charge in [0.25, 0.3) is 5.69 Å². The second kappa shape index (κ2) is 6.55. The Morgan fingerprint density at radius 1 is 1.45 bits per heavy atom. The predicted molar refractivity (Wildman–Crippen MR) is 74.8 cm³/mol. The molecule has 0 spiro atoms. The molecule has 20 heavy (non-hydrogen) atoms. The zero-order valence-corrected chi connectivity index (χ0v) is 11.1. The van der Waals surface area contributed by atoms with Crippen LogP contribution < -0.4 is 10.1 Å². The number of non-ortho nitro benzene ring substituents is 1. The fraction of sp³-hybridized carbons (Fsp3) is 0.308. The molecule has 0 aliphatic carbocycles. The van der Waals surface area contributed by atoms with Gasteiger partial charge in [0.15, 0.2) is 0 Å². The van der Waals surface area contributed by atoms with Crippen molar-refractivity contribution in [3.05, 3.63) is 46.5 Å². The van der Waals surface area contributed by atoms with Crippen LogP contribution in [0.4, 0.5) is 11.4 Å². The van der Waals surface area contributed by atoms with Gasteiger partial charge in [-0.2, -0.15) is 0 Å². The molecule has 0 atom stereocenters. The fourth-order valence-corrected chi connectivity index (χ4v) is 1.67. The van der Waals surface area contributed by atoms with Gasteiger partial charge in [0.05, 0.1) is 36.2 Å². The van der Waals surface area contributed by atoms with E-state index in [9.17, 15) is 10.1 Å². The van der Waals surface area contributed by atoms with Gasteiger partial charge in [-0.3, -0.25) is 10.1 Å². The third-order valence-corrected chi connectivity index (χ3v) is 2.61. The molecule has 0 aliphatic rings. The largest absolute Gasteiger partial charge is 0.493 e. The number of hydrogen-bond donors (Lipinski definition) is 2. The maximum absolute atomic E-state index is 10.9. The van der Waals surface area contributed by atoms with Crippen LogP contribution in [0.3, 0.4) is 0 Å². The van der Waals surface area contributed by atoms with Crippen LogP contribution in [-0.4, -0.2) is 21.5 Å². The number of aromatic amines is 1. The average molecular weight is 276 g/mol. The molecule has 0 saturated carbocycles. The number of aromatic nitrogens is 2. The number of rotatable bonds is 7. The number of nitrogens with zero attached hydrogens (tertiary/aromatic N) is 2. The van der Waals surface area contributed by atoms with Gasteiger partial charge in [0, 0.05) is 24.0 Å². The van der Waals surface area contributed by atoms with Crippen LogP contribution in [0, 0.1) is 10.1 Å². The van der Waals surface area contributed by atoms with Crippen LogP contribution in [0.2, 0.25) is 0 Å². The smallest absolute Gasteiger partial charge is 0.275 e. The molecule has 0 amide bonds. The molecule has 0 aliphatic heterocycles. The predicted octanol–water partition coefficient (Wildman–Crippen LogP) is 2.72. The highest BCUT2D eigenvalue weighted by atomic mass is 16.6. The Morgan fingerprint density at radius 2 is 2.30 bits per heavy atom. The van der Waals surface area contributed by atoms with Gasteiger partial charge in [-0.1, -0.05) is 6.92 Å². The van der Waals surface area contributed by atoms with Crippen molar-refractivity contribution in [1.29, 1.82) is 0 Å². The lowest BCUT2D eigenvalue weighted by Crippen LogP contribution is -2.02. The summed E-state index contributed by atoms with van der Waals surface area (Å²) in [4.78, 5) is 17.4. The third-order valence-electron chi connectivity index (χ3n) is 2.61. The van der Waals surface area contributed by atoms with E-state index in [2.05, 4.69) is 15.3 Å². The van der Waals surface area contributed by atoms with Crippen molar-refractivity contribution < 1.29 is 9.66 Å². The van der Waals surface area contributed by atoms with E-state index in [1.165, 1.54) is 12.1 Å². The molecule has 1 heterocycles. The SMILES string of the molecule is CCCOc1cc(NCc2cnc[nH]2)cc([N+](=O)[O-])c1. The van der Waals surface area contributed by atoms with Crippen LogP contribution in [-0.2, 0) is 6.54 Å². The van der Waals surface area contributed by atoms with E-state index in [1.807, 2.05) is 6.92 Å². The Kier molecular flexibility index (Phi) is 4.54. The zero-order valence-electron chi connectivity index (χ0n) is 11.1. The molecule has 0 unspecified atom stereocenters. The Balaban J connectivity index is 2.13. The maximum Gasteiger partial charge on any atom is 0.275 e. The average Bonchev–Trinajstić information content (AvgIpc) is 2.96. The van der Waals surface area contributed by atoms with Crippen molar-refractivity contribution in [3.8, 4) is 5.75 Å². The molecule has 0 saturated heterocycles. The quantitative estimate of drug-likeness (QED) is 0.599. The lowest BCUT2D eigenvalue weighted by atomic mass is 10.2. The molecule has 7 heteroatoms. The molecular weight excluding hydrogens is 260 g/mol. The van der Waals surface area contributed by atoms with E-state index < -0.39 is 4.92 Å². The molecule has 0 radical (unpaired) electrons. The van der Waals surface area contributed by atoms with Gasteiger partial charge < -0.3 is 15.0 Å². The summed E-state index contributed by atoms with van der Waals surface area (Å²) < 4.78 is 5.46. The van der Waals surface area contributed by atoms with Gasteiger partial charge >= 0.3 is 0 Å². The van der Waals surface area contributed by atoms with Crippen molar-refractivity contribution in [2.24, 2.45) is 0 Å². The van der Waals surface area contributed by atoms with Gasteiger partial charge in [0.2, 0.25) is 0 Å². The number of nitro benzene ring substituents is 1. The minimum Gasteiger partial charge on any atom is -0.493 e. The van der Waals surface area contributed by atoms with Crippen LogP contribution in [0.25, 0.3) is 0 Å². The van der Waals surface area contributed by atoms with E-state index in [0.717, 1.165) is 12.1 Å². The minimum atomic E-state index is -0.430. The van der Waals surface area contributed by atoms with E-state index in [4.69, 9.17) is 4.74 Å². The molecular formula is C13H16N4O3. The Labute approximate surface area is 116 Å². The normalized spacial score (nSPS) is 10.2. The molecule has 0 bridgehead atoms. The number of nitro groups is 1. The fourth-order valence-electron chi connectivity index (χ4n) is 1.67. The monoisotopic (exact) mass is 276 g/mol. The first-order chi connectivity index (χ1) is 9.69. The second-order valence-corrected chi connectivity index (χ2v) is 4.25. The molecule has 2 N–H and O–H groups in total. The Bertz CT molecular complexity index is 569. The maximum atomic E-state index is 10.9. The lowest BCUT2D eigenvalue weighted by molar-refractivity contribution is -0.384. The first kappa shape index (κ1) is 13.9. The van der Waals surface area contributed by atoms with Crippen molar-refractivity contribution in [2.45, 2.75) is 19.9 Å². The summed E-state index contributed by atoms with van der Waals surface area (Å²) in [5.41, 5.74) is 1.54. The van der Waals surface area contributed by atoms with Crippen LogP contribution in [0.5, 0.6) is 5.75 Å². The summed E-state index contributed by atoms with van der Waals surface area (Å²) in [6.45, 7) is 3.02. The summed E-state index contributed by atoms with van der Waals surface area (Å²) in [5.74, 6) is 0.494. The summed E-state index contributed by atoms with van der Waals surface area (Å²) in [6.07, 6.45) is 4.12. The lowest BCUT2D eigenvalue weighted by Gasteiger charge is -2.09. The van der Waals surface area contributed by atoms with E-state index in [1.54, 1.807) is 18.6 Å². The first-order valence-electron chi connectivity index (χ1n) is 6.32. The van der Waals surface area contributed by atoms with Crippen molar-refractivity contribution in [3.63, 3.8) is 0 Å². The van der Waals surface area contributed by atoms with Gasteiger partial charge in [0.1, 0.15) is 5.75 Å². The van der Waals surface area contributed by atoms with Crippen LogP contribution in [0.1, 0.15) is 19.0 Å². The highest BCUT2D eigenvalue weighted by molar-refractivity contribution is 5.56. The molecule has 7 nitrogen and oxygen atoms in total. The Morgan fingerprint density at radius 3 is 2.95 bits per heavy atom. The topological polar surface area (TPSA) is 93.1 Å². The number of H-pyrrole nitrogens is 1. The highest BCUT2D eigenvalue weighted by Gasteiger charge is 2.10. The van der Waals surface area contributed by atoms with E-state index >= 15 is 0 Å². The summed E-state index contributed by atoms with van der Waals surface area (Å²) in [6, 6.07) is 4.66. The number of imidazole rings is 1. The summed E-state index contributed by atoms with van der Waals surface area (Å²) in [5, 5.41) is 14.0. The van der Waals surface area contributed by atoms with Gasteiger partial charge in [-0.05, 0) is 6.42 Å². The minimum absolute atomic E-state index is 0.00529. The number of nitrogens with one attached hydrogen (secondary N) is 2. The van der Waals surface area contributed by atoms with E-state index in [0.29, 0.717) is 24.6 Å². The molecule has 1 aromatic heterocycles. The molecule has 2 aromatic rings. The van der Waals surface area contributed by atoms with E-state index in [-0.39, 0.29) is 5.69 Å². The number of hydrogen-bond acceptors (Lipinski definition) is 5. The zero-order chi connectivity index (χ0) is 14.4. The van der Waals surface area contributed by atoms with Crippen molar-refractivity contribution in [1.82, 2.24) is 9.97 Å². The molecule has 106 valence electrons. The number of anilines is 1. The number of ether oxygens (including phenoxy) is 1. The van der Waals surface area contributed by atoms with Gasteiger partial charge in [-0.25, -0.2) is 4.98 Å². The van der Waals surface area contributed by atoms with Crippen LogP contribution >= 0.6 is 0 Å². The summed E-state index contributed by atoms with van der Waals surface area (Å²) >= 11 is 0. The Hall–Kier alpha value is -2.57. The van der Waals surface area contributed by atoms with Crippen molar-refractivity contribution >= 4 is 11.4 Å². The molecule has 0 fully saturated rings. The standard InChI is InChI=1S/C13H16N4O3/c1-2-3-20-13-5-10(4-12(6-13)17(18)19)15-8-11-7-14-9-16-11/h4-7,9,15H,2-3,8H2,1H3,(H,14,16).